The standard InChI is InChI=1S/C9H18F3N3S/c1-14-2-3-15(8(6-13)7-14)4-5-16-9(10,11)12/h8H,2-7,13H2,1H3. The molecular formula is C9H18F3N3S. The summed E-state index contributed by atoms with van der Waals surface area (Å²) in [6, 6.07) is 0.188. The Morgan fingerprint density at radius 2 is 2.06 bits per heavy atom. The number of likely N-dealkylation sites (N-methyl/N-ethyl adjacent to an activating group) is 1. The zero-order valence-electron chi connectivity index (χ0n) is 9.33. The van der Waals surface area contributed by atoms with Crippen LogP contribution in [0.2, 0.25) is 0 Å². The van der Waals surface area contributed by atoms with Crippen molar-refractivity contribution in [3.05, 3.63) is 0 Å². The lowest BCUT2D eigenvalue weighted by Crippen LogP contribution is -2.55. The molecule has 0 radical (unpaired) electrons. The number of thioether (sulfide) groups is 1. The van der Waals surface area contributed by atoms with E-state index in [1.807, 2.05) is 7.05 Å². The van der Waals surface area contributed by atoms with Gasteiger partial charge in [-0.05, 0) is 18.8 Å². The fourth-order valence-corrected chi connectivity index (χ4v) is 2.40. The van der Waals surface area contributed by atoms with E-state index in [4.69, 9.17) is 5.73 Å². The number of hydrogen-bond acceptors (Lipinski definition) is 4. The van der Waals surface area contributed by atoms with Crippen LogP contribution in [0.4, 0.5) is 13.2 Å². The molecule has 7 heteroatoms. The van der Waals surface area contributed by atoms with Gasteiger partial charge in [-0.25, -0.2) is 0 Å². The molecule has 1 aliphatic heterocycles. The minimum absolute atomic E-state index is 0.0445. The molecule has 0 aromatic heterocycles. The average molecular weight is 257 g/mol. The van der Waals surface area contributed by atoms with Crippen LogP contribution >= 0.6 is 11.8 Å². The smallest absolute Gasteiger partial charge is 0.329 e. The molecule has 1 unspecified atom stereocenters. The molecule has 1 heterocycles. The van der Waals surface area contributed by atoms with Crippen LogP contribution in [0.5, 0.6) is 0 Å². The van der Waals surface area contributed by atoms with Gasteiger partial charge in [0.05, 0.1) is 0 Å². The predicted molar refractivity (Wildman–Crippen MR) is 60.4 cm³/mol. The molecule has 2 N–H and O–H groups in total. The first kappa shape index (κ1) is 14.1. The lowest BCUT2D eigenvalue weighted by atomic mass is 10.2. The monoisotopic (exact) mass is 257 g/mol. The number of piperazine rings is 1. The van der Waals surface area contributed by atoms with Gasteiger partial charge < -0.3 is 10.6 Å². The van der Waals surface area contributed by atoms with E-state index in [-0.39, 0.29) is 23.6 Å². The number of nitrogens with two attached hydrogens (primary N) is 1. The topological polar surface area (TPSA) is 32.5 Å². The summed E-state index contributed by atoms with van der Waals surface area (Å²) in [6.07, 6.45) is 0. The molecule has 0 aromatic rings. The maximum atomic E-state index is 12.0. The molecule has 0 aliphatic carbocycles. The largest absolute Gasteiger partial charge is 0.441 e. The number of alkyl halides is 3. The number of halogens is 3. The third-order valence-corrected chi connectivity index (χ3v) is 3.44. The van der Waals surface area contributed by atoms with Crippen molar-refractivity contribution in [2.45, 2.75) is 11.6 Å². The Labute approximate surface area is 98.1 Å². The van der Waals surface area contributed by atoms with Gasteiger partial charge in [-0.15, -0.1) is 0 Å². The van der Waals surface area contributed by atoms with E-state index in [0.717, 1.165) is 19.6 Å². The Morgan fingerprint density at radius 3 is 2.62 bits per heavy atom. The second-order valence-corrected chi connectivity index (χ2v) is 5.14. The normalized spacial score (nSPS) is 24.9. The molecule has 1 rings (SSSR count). The summed E-state index contributed by atoms with van der Waals surface area (Å²) in [7, 11) is 2.00. The van der Waals surface area contributed by atoms with Gasteiger partial charge in [0.25, 0.3) is 0 Å². The lowest BCUT2D eigenvalue weighted by molar-refractivity contribution is -0.0330. The van der Waals surface area contributed by atoms with E-state index in [2.05, 4.69) is 9.80 Å². The maximum Gasteiger partial charge on any atom is 0.441 e. The highest BCUT2D eigenvalue weighted by molar-refractivity contribution is 8.00. The van der Waals surface area contributed by atoms with Crippen molar-refractivity contribution < 1.29 is 13.2 Å². The average Bonchev–Trinajstić information content (AvgIpc) is 2.18. The Kier molecular flexibility index (Phi) is 5.36. The van der Waals surface area contributed by atoms with Crippen molar-refractivity contribution in [2.24, 2.45) is 5.73 Å². The van der Waals surface area contributed by atoms with Gasteiger partial charge in [0.15, 0.2) is 0 Å². The van der Waals surface area contributed by atoms with Crippen LogP contribution < -0.4 is 5.73 Å². The van der Waals surface area contributed by atoms with Crippen molar-refractivity contribution in [1.82, 2.24) is 9.80 Å². The zero-order valence-corrected chi connectivity index (χ0v) is 10.2. The molecule has 1 saturated heterocycles. The Morgan fingerprint density at radius 1 is 1.38 bits per heavy atom. The van der Waals surface area contributed by atoms with Crippen LogP contribution in [0.3, 0.4) is 0 Å². The molecule has 0 saturated carbocycles. The summed E-state index contributed by atoms with van der Waals surface area (Å²) >= 11 is 0.0445. The van der Waals surface area contributed by atoms with Crippen LogP contribution in [0.25, 0.3) is 0 Å². The van der Waals surface area contributed by atoms with Crippen LogP contribution in [0.15, 0.2) is 0 Å². The zero-order chi connectivity index (χ0) is 12.2. The lowest BCUT2D eigenvalue weighted by Gasteiger charge is -2.39. The first-order valence-electron chi connectivity index (χ1n) is 5.25. The van der Waals surface area contributed by atoms with E-state index >= 15 is 0 Å². The van der Waals surface area contributed by atoms with Crippen molar-refractivity contribution in [3.63, 3.8) is 0 Å². The van der Waals surface area contributed by atoms with E-state index < -0.39 is 5.51 Å². The van der Waals surface area contributed by atoms with Crippen molar-refractivity contribution >= 4 is 11.8 Å². The Hall–Kier alpha value is 0.0200. The fourth-order valence-electron chi connectivity index (χ4n) is 1.84. The minimum Gasteiger partial charge on any atom is -0.329 e. The first-order chi connectivity index (χ1) is 7.42. The molecule has 0 spiro atoms. The number of hydrogen-bond donors (Lipinski definition) is 1. The molecule has 0 aromatic carbocycles. The fraction of sp³-hybridized carbons (Fsp3) is 1.00. The minimum atomic E-state index is -4.12. The molecule has 1 aliphatic rings. The predicted octanol–water partition coefficient (Wildman–Crippen LogP) is 0.814. The molecular weight excluding hydrogens is 239 g/mol. The Balaban J connectivity index is 2.29. The van der Waals surface area contributed by atoms with Crippen molar-refractivity contribution in [1.29, 1.82) is 0 Å². The van der Waals surface area contributed by atoms with Gasteiger partial charge in [-0.2, -0.15) is 13.2 Å². The highest BCUT2D eigenvalue weighted by atomic mass is 32.2. The highest BCUT2D eigenvalue weighted by Crippen LogP contribution is 2.30. The van der Waals surface area contributed by atoms with Gasteiger partial charge >= 0.3 is 5.51 Å². The summed E-state index contributed by atoms with van der Waals surface area (Å²) in [5, 5.41) is 0. The third kappa shape index (κ3) is 4.90. The molecule has 1 atom stereocenters. The number of nitrogens with zero attached hydrogens (tertiary/aromatic N) is 2. The summed E-state index contributed by atoms with van der Waals surface area (Å²) in [6.45, 7) is 3.50. The second kappa shape index (κ2) is 6.09. The van der Waals surface area contributed by atoms with Crippen LogP contribution in [-0.2, 0) is 0 Å². The third-order valence-electron chi connectivity index (χ3n) is 2.72. The van der Waals surface area contributed by atoms with E-state index in [1.165, 1.54) is 0 Å². The van der Waals surface area contributed by atoms with Gasteiger partial charge in [-0.1, -0.05) is 0 Å². The molecule has 0 amide bonds. The summed E-state index contributed by atoms with van der Waals surface area (Å²) < 4.78 is 35.9. The van der Waals surface area contributed by atoms with Gasteiger partial charge in [-0.3, -0.25) is 4.90 Å². The first-order valence-corrected chi connectivity index (χ1v) is 6.24. The van der Waals surface area contributed by atoms with Gasteiger partial charge in [0.2, 0.25) is 0 Å². The maximum absolute atomic E-state index is 12.0. The van der Waals surface area contributed by atoms with E-state index in [1.54, 1.807) is 0 Å². The summed E-state index contributed by atoms with van der Waals surface area (Å²) in [5.74, 6) is 0.0870. The van der Waals surface area contributed by atoms with E-state index in [0.29, 0.717) is 13.1 Å². The Bertz CT molecular complexity index is 213. The van der Waals surface area contributed by atoms with Crippen molar-refractivity contribution in [3.8, 4) is 0 Å². The number of rotatable bonds is 4. The SMILES string of the molecule is CN1CCN(CCSC(F)(F)F)C(CN)C1. The quantitative estimate of drug-likeness (QED) is 0.808. The summed E-state index contributed by atoms with van der Waals surface area (Å²) in [5.41, 5.74) is 1.50. The van der Waals surface area contributed by atoms with Crippen LogP contribution in [0, 0.1) is 0 Å². The molecule has 0 bridgehead atoms. The van der Waals surface area contributed by atoms with Crippen LogP contribution in [-0.4, -0.2) is 66.9 Å². The molecule has 96 valence electrons. The molecule has 3 nitrogen and oxygen atoms in total. The van der Waals surface area contributed by atoms with Crippen LogP contribution in [0.1, 0.15) is 0 Å². The second-order valence-electron chi connectivity index (χ2n) is 3.98. The molecule has 1 fully saturated rings. The van der Waals surface area contributed by atoms with Gasteiger partial charge in [0.1, 0.15) is 0 Å². The van der Waals surface area contributed by atoms with Crippen molar-refractivity contribution in [2.75, 3.05) is 45.5 Å². The molecule has 16 heavy (non-hydrogen) atoms. The summed E-state index contributed by atoms with van der Waals surface area (Å²) in [4.78, 5) is 4.21. The van der Waals surface area contributed by atoms with E-state index in [9.17, 15) is 13.2 Å². The highest BCUT2D eigenvalue weighted by Gasteiger charge is 2.29. The van der Waals surface area contributed by atoms with Gasteiger partial charge in [0, 0.05) is 44.5 Å².